The first-order chi connectivity index (χ1) is 15.1. The predicted molar refractivity (Wildman–Crippen MR) is 117 cm³/mol. The third kappa shape index (κ3) is 4.49. The zero-order chi connectivity index (χ0) is 23.1. The minimum atomic E-state index is -4.65. The van der Waals surface area contributed by atoms with Gasteiger partial charge in [0.1, 0.15) is 5.75 Å². The van der Waals surface area contributed by atoms with E-state index < -0.39 is 38.8 Å². The number of nitrogens with zero attached hydrogens (tertiary/aromatic N) is 2. The topological polar surface area (TPSA) is 76.0 Å². The third-order valence-electron chi connectivity index (χ3n) is 5.29. The van der Waals surface area contributed by atoms with Crippen molar-refractivity contribution in [2.24, 2.45) is 4.99 Å². The first-order valence-electron chi connectivity index (χ1n) is 9.65. The second-order valence-corrected chi connectivity index (χ2v) is 10.8. The van der Waals surface area contributed by atoms with Crippen LogP contribution in [0.25, 0.3) is 0 Å². The molecule has 2 atom stereocenters. The lowest BCUT2D eigenvalue weighted by Gasteiger charge is -2.27. The predicted octanol–water partition coefficient (Wildman–Crippen LogP) is 3.56. The number of amidine groups is 1. The van der Waals surface area contributed by atoms with Gasteiger partial charge in [0.2, 0.25) is 0 Å². The minimum Gasteiger partial charge on any atom is -0.496 e. The lowest BCUT2D eigenvalue weighted by atomic mass is 10.1. The minimum absolute atomic E-state index is 0.0755. The normalized spacial score (nSPS) is 23.4. The molecule has 0 aliphatic carbocycles. The Balaban J connectivity index is 1.72. The number of benzene rings is 2. The van der Waals surface area contributed by atoms with Crippen LogP contribution < -0.4 is 9.64 Å². The monoisotopic (exact) mass is 484 g/mol. The Bertz CT molecular complexity index is 1180. The van der Waals surface area contributed by atoms with Gasteiger partial charge in [-0.25, -0.2) is 8.42 Å². The Morgan fingerprint density at radius 1 is 1.16 bits per heavy atom. The van der Waals surface area contributed by atoms with Gasteiger partial charge in [-0.15, -0.1) is 0 Å². The summed E-state index contributed by atoms with van der Waals surface area (Å²) >= 11 is 1.03. The standard InChI is InChI=1S/C21H19F3N2O4S2/c1-30-17-9-5-2-6-13(17)10-19(27)25-20-26(16-11-32(28,29)12-18(16)31-20)15-8-4-3-7-14(15)21(22,23)24/h2-9,16,18H,10-12H2,1H3/t16-,18+/m1/s1. The van der Waals surface area contributed by atoms with Crippen molar-refractivity contribution in [3.63, 3.8) is 0 Å². The Hall–Kier alpha value is -2.53. The van der Waals surface area contributed by atoms with Crippen molar-refractivity contribution in [2.45, 2.75) is 23.9 Å². The zero-order valence-electron chi connectivity index (χ0n) is 16.9. The maximum Gasteiger partial charge on any atom is 0.418 e. The second-order valence-electron chi connectivity index (χ2n) is 7.46. The molecule has 2 aromatic rings. The van der Waals surface area contributed by atoms with E-state index in [9.17, 15) is 26.4 Å². The van der Waals surface area contributed by atoms with Gasteiger partial charge in [0, 0.05) is 10.8 Å². The average Bonchev–Trinajstić information content (AvgIpc) is 3.18. The summed E-state index contributed by atoms with van der Waals surface area (Å²) in [6, 6.07) is 11.1. The van der Waals surface area contributed by atoms with Gasteiger partial charge in [-0.2, -0.15) is 18.2 Å². The number of aliphatic imine (C=N–C) groups is 1. The molecule has 0 saturated carbocycles. The summed E-state index contributed by atoms with van der Waals surface area (Å²) in [6.45, 7) is 0. The molecule has 4 rings (SSSR count). The van der Waals surface area contributed by atoms with Gasteiger partial charge >= 0.3 is 6.18 Å². The molecule has 0 spiro atoms. The number of halogens is 3. The highest BCUT2D eigenvalue weighted by molar-refractivity contribution is 8.16. The molecule has 2 saturated heterocycles. The second kappa shape index (κ2) is 8.43. The summed E-state index contributed by atoms with van der Waals surface area (Å²) in [5.74, 6) is -0.528. The molecule has 32 heavy (non-hydrogen) atoms. The molecule has 0 radical (unpaired) electrons. The van der Waals surface area contributed by atoms with Crippen LogP contribution in [0.3, 0.4) is 0 Å². The first-order valence-corrected chi connectivity index (χ1v) is 12.3. The van der Waals surface area contributed by atoms with E-state index in [1.54, 1.807) is 24.3 Å². The molecular formula is C21H19F3N2O4S2. The number of amides is 1. The van der Waals surface area contributed by atoms with E-state index in [4.69, 9.17) is 4.74 Å². The Morgan fingerprint density at radius 3 is 2.56 bits per heavy atom. The van der Waals surface area contributed by atoms with Crippen LogP contribution in [0.5, 0.6) is 5.75 Å². The number of anilines is 1. The molecule has 2 aromatic carbocycles. The molecule has 0 N–H and O–H groups in total. The average molecular weight is 485 g/mol. The van der Waals surface area contributed by atoms with E-state index in [0.29, 0.717) is 11.3 Å². The molecule has 170 valence electrons. The molecule has 0 unspecified atom stereocenters. The van der Waals surface area contributed by atoms with Crippen molar-refractivity contribution in [1.29, 1.82) is 0 Å². The Morgan fingerprint density at radius 2 is 1.84 bits per heavy atom. The number of alkyl halides is 3. The number of sulfone groups is 1. The largest absolute Gasteiger partial charge is 0.496 e. The van der Waals surface area contributed by atoms with Crippen LogP contribution in [0.2, 0.25) is 0 Å². The lowest BCUT2D eigenvalue weighted by molar-refractivity contribution is -0.137. The molecule has 0 bridgehead atoms. The van der Waals surface area contributed by atoms with Crippen LogP contribution in [-0.2, 0) is 27.2 Å². The SMILES string of the molecule is COc1ccccc1CC(=O)N=C1S[C@H]2CS(=O)(=O)C[C@H]2N1c1ccccc1C(F)(F)F. The first kappa shape index (κ1) is 22.7. The Labute approximate surface area is 187 Å². The molecule has 2 aliphatic rings. The van der Waals surface area contributed by atoms with Gasteiger partial charge < -0.3 is 9.64 Å². The summed E-state index contributed by atoms with van der Waals surface area (Å²) in [7, 11) is -1.93. The van der Waals surface area contributed by atoms with Gasteiger partial charge in [0.05, 0.1) is 42.3 Å². The lowest BCUT2D eigenvalue weighted by Crippen LogP contribution is -2.39. The van der Waals surface area contributed by atoms with E-state index in [1.165, 1.54) is 30.2 Å². The number of fused-ring (bicyclic) bond motifs is 1. The maximum atomic E-state index is 13.7. The third-order valence-corrected chi connectivity index (χ3v) is 8.50. The van der Waals surface area contributed by atoms with Gasteiger partial charge in [-0.1, -0.05) is 42.1 Å². The smallest absolute Gasteiger partial charge is 0.418 e. The molecular weight excluding hydrogens is 465 g/mol. The van der Waals surface area contributed by atoms with Gasteiger partial charge in [-0.3, -0.25) is 4.79 Å². The van der Waals surface area contributed by atoms with E-state index in [2.05, 4.69) is 4.99 Å². The van der Waals surface area contributed by atoms with E-state index in [-0.39, 0.29) is 28.8 Å². The number of hydrogen-bond donors (Lipinski definition) is 0. The highest BCUT2D eigenvalue weighted by Gasteiger charge is 2.51. The van der Waals surface area contributed by atoms with Crippen LogP contribution in [0, 0.1) is 0 Å². The van der Waals surface area contributed by atoms with Crippen molar-refractivity contribution < 1.29 is 31.1 Å². The fourth-order valence-electron chi connectivity index (χ4n) is 3.93. The van der Waals surface area contributed by atoms with Crippen LogP contribution in [-0.4, -0.2) is 49.4 Å². The number of carbonyl (C=O) groups excluding carboxylic acids is 1. The zero-order valence-corrected chi connectivity index (χ0v) is 18.5. The number of rotatable bonds is 4. The summed E-state index contributed by atoms with van der Waals surface area (Å²) in [6.07, 6.45) is -4.75. The Kier molecular flexibility index (Phi) is 5.97. The number of thioether (sulfide) groups is 1. The number of para-hydroxylation sites is 2. The van der Waals surface area contributed by atoms with Crippen molar-refractivity contribution in [3.05, 3.63) is 59.7 Å². The number of hydrogen-bond acceptors (Lipinski definition) is 5. The molecule has 2 aliphatic heterocycles. The molecule has 1 amide bonds. The fourth-order valence-corrected chi connectivity index (χ4v) is 7.85. The van der Waals surface area contributed by atoms with Gasteiger partial charge in [0.15, 0.2) is 15.0 Å². The molecule has 6 nitrogen and oxygen atoms in total. The van der Waals surface area contributed by atoms with E-state index in [0.717, 1.165) is 17.8 Å². The molecule has 11 heteroatoms. The van der Waals surface area contributed by atoms with Gasteiger partial charge in [0.25, 0.3) is 5.91 Å². The maximum absolute atomic E-state index is 13.7. The van der Waals surface area contributed by atoms with Crippen molar-refractivity contribution >= 4 is 38.4 Å². The van der Waals surface area contributed by atoms with Crippen LogP contribution in [0.15, 0.2) is 53.5 Å². The number of methoxy groups -OCH3 is 1. The van der Waals surface area contributed by atoms with Crippen molar-refractivity contribution in [2.75, 3.05) is 23.5 Å². The van der Waals surface area contributed by atoms with E-state index in [1.807, 2.05) is 0 Å². The highest BCUT2D eigenvalue weighted by atomic mass is 32.2. The van der Waals surface area contributed by atoms with Crippen LogP contribution in [0.1, 0.15) is 11.1 Å². The molecule has 2 heterocycles. The summed E-state index contributed by atoms with van der Waals surface area (Å²) in [5.41, 5.74) is -0.520. The van der Waals surface area contributed by atoms with Gasteiger partial charge in [-0.05, 0) is 18.2 Å². The highest BCUT2D eigenvalue weighted by Crippen LogP contribution is 2.45. The number of ether oxygens (including phenoxy) is 1. The quantitative estimate of drug-likeness (QED) is 0.661. The van der Waals surface area contributed by atoms with Crippen molar-refractivity contribution in [1.82, 2.24) is 0 Å². The summed E-state index contributed by atoms with van der Waals surface area (Å²) < 4.78 is 70.6. The fraction of sp³-hybridized carbons (Fsp3) is 0.333. The van der Waals surface area contributed by atoms with Crippen LogP contribution in [0.4, 0.5) is 18.9 Å². The summed E-state index contributed by atoms with van der Waals surface area (Å²) in [5, 5.41) is -0.425. The molecule has 0 aromatic heterocycles. The summed E-state index contributed by atoms with van der Waals surface area (Å²) in [4.78, 5) is 18.1. The molecule has 2 fully saturated rings. The van der Waals surface area contributed by atoms with Crippen LogP contribution >= 0.6 is 11.8 Å². The van der Waals surface area contributed by atoms with Crippen molar-refractivity contribution in [3.8, 4) is 5.75 Å². The van der Waals surface area contributed by atoms with E-state index >= 15 is 0 Å². The number of carbonyl (C=O) groups is 1.